The van der Waals surface area contributed by atoms with E-state index < -0.39 is 0 Å². The van der Waals surface area contributed by atoms with Crippen molar-refractivity contribution in [2.75, 3.05) is 6.61 Å². The van der Waals surface area contributed by atoms with Crippen LogP contribution in [0, 0.1) is 5.92 Å². The van der Waals surface area contributed by atoms with Crippen LogP contribution in [0.3, 0.4) is 0 Å². The lowest BCUT2D eigenvalue weighted by Gasteiger charge is -2.09. The number of hydrogen-bond acceptors (Lipinski definition) is 2. The quantitative estimate of drug-likeness (QED) is 0.499. The van der Waals surface area contributed by atoms with Crippen LogP contribution in [0.5, 0.6) is 0 Å². The number of esters is 1. The molecule has 2 nitrogen and oxygen atoms in total. The zero-order valence-electron chi connectivity index (χ0n) is 9.05. The minimum absolute atomic E-state index is 0.217. The first kappa shape index (κ1) is 11.3. The third-order valence-electron chi connectivity index (χ3n) is 2.89. The summed E-state index contributed by atoms with van der Waals surface area (Å²) in [6, 6.07) is 0. The first-order chi connectivity index (χ1) is 6.74. The van der Waals surface area contributed by atoms with Crippen LogP contribution in [-0.4, -0.2) is 12.6 Å². The third kappa shape index (κ3) is 3.52. The van der Waals surface area contributed by atoms with Gasteiger partial charge >= 0.3 is 5.97 Å². The van der Waals surface area contributed by atoms with Gasteiger partial charge in [0.25, 0.3) is 0 Å². The largest absolute Gasteiger partial charge is 0.463 e. The van der Waals surface area contributed by atoms with Crippen molar-refractivity contribution in [3.05, 3.63) is 12.2 Å². The van der Waals surface area contributed by atoms with Crippen molar-refractivity contribution >= 4 is 5.97 Å². The molecule has 0 aliphatic heterocycles. The summed E-state index contributed by atoms with van der Waals surface area (Å²) in [6.45, 7) is 6.03. The van der Waals surface area contributed by atoms with Crippen LogP contribution < -0.4 is 0 Å². The summed E-state index contributed by atoms with van der Waals surface area (Å²) < 4.78 is 4.88. The molecule has 1 fully saturated rings. The summed E-state index contributed by atoms with van der Waals surface area (Å²) in [5.74, 6) is 0.603. The maximum Gasteiger partial charge on any atom is 0.333 e. The van der Waals surface area contributed by atoms with Gasteiger partial charge in [-0.25, -0.2) is 4.79 Å². The van der Waals surface area contributed by atoms with Gasteiger partial charge in [-0.15, -0.1) is 0 Å². The van der Waals surface area contributed by atoms with E-state index in [-0.39, 0.29) is 5.97 Å². The van der Waals surface area contributed by atoms with Gasteiger partial charge in [0.2, 0.25) is 0 Å². The van der Waals surface area contributed by atoms with Crippen LogP contribution in [-0.2, 0) is 9.53 Å². The molecular weight excluding hydrogens is 176 g/mol. The molecule has 2 heteroatoms. The van der Waals surface area contributed by atoms with Crippen molar-refractivity contribution in [2.45, 2.75) is 45.4 Å². The van der Waals surface area contributed by atoms with Crippen molar-refractivity contribution in [1.82, 2.24) is 0 Å². The number of carbonyl (C=O) groups is 1. The predicted octanol–water partition coefficient (Wildman–Crippen LogP) is 3.08. The van der Waals surface area contributed by atoms with E-state index in [1.54, 1.807) is 0 Å². The Morgan fingerprint density at radius 1 is 1.43 bits per heavy atom. The fraction of sp³-hybridized carbons (Fsp3) is 0.750. The molecule has 1 aliphatic carbocycles. The monoisotopic (exact) mass is 196 g/mol. The van der Waals surface area contributed by atoms with Crippen molar-refractivity contribution in [2.24, 2.45) is 5.92 Å². The van der Waals surface area contributed by atoms with Crippen LogP contribution in [0.2, 0.25) is 0 Å². The summed E-state index contributed by atoms with van der Waals surface area (Å²) in [5.41, 5.74) is 0.638. The second kappa shape index (κ2) is 5.84. The Morgan fingerprint density at radius 2 is 2.07 bits per heavy atom. The molecule has 14 heavy (non-hydrogen) atoms. The van der Waals surface area contributed by atoms with Gasteiger partial charge in [0.15, 0.2) is 0 Å². The van der Waals surface area contributed by atoms with Gasteiger partial charge < -0.3 is 4.74 Å². The summed E-state index contributed by atoms with van der Waals surface area (Å²) in [4.78, 5) is 11.2. The summed E-state index contributed by atoms with van der Waals surface area (Å²) in [7, 11) is 0. The number of hydrogen-bond donors (Lipinski definition) is 0. The lowest BCUT2D eigenvalue weighted by atomic mass is 9.99. The average molecular weight is 196 g/mol. The van der Waals surface area contributed by atoms with E-state index in [0.717, 1.165) is 18.8 Å². The molecule has 0 aromatic carbocycles. The second-order valence-electron chi connectivity index (χ2n) is 4.01. The lowest BCUT2D eigenvalue weighted by molar-refractivity contribution is -0.138. The average Bonchev–Trinajstić information content (AvgIpc) is 2.67. The van der Waals surface area contributed by atoms with Gasteiger partial charge in [0, 0.05) is 5.57 Å². The van der Waals surface area contributed by atoms with Crippen molar-refractivity contribution in [3.8, 4) is 0 Å². The predicted molar refractivity (Wildman–Crippen MR) is 57.0 cm³/mol. The fourth-order valence-corrected chi connectivity index (χ4v) is 2.01. The van der Waals surface area contributed by atoms with Crippen molar-refractivity contribution in [3.63, 3.8) is 0 Å². The second-order valence-corrected chi connectivity index (χ2v) is 4.01. The van der Waals surface area contributed by atoms with Crippen molar-refractivity contribution < 1.29 is 9.53 Å². The highest BCUT2D eigenvalue weighted by Crippen LogP contribution is 2.29. The molecule has 0 saturated heterocycles. The standard InChI is InChI=1S/C12H20O2/c1-3-14-12(13)10(2)8-9-11-6-4-5-7-11/h11H,2-9H2,1H3. The summed E-state index contributed by atoms with van der Waals surface area (Å²) in [6.07, 6.45) is 7.29. The van der Waals surface area contributed by atoms with Gasteiger partial charge in [0.05, 0.1) is 6.61 Å². The molecule has 80 valence electrons. The molecule has 1 aliphatic rings. The smallest absolute Gasteiger partial charge is 0.333 e. The van der Waals surface area contributed by atoms with Crippen molar-refractivity contribution in [1.29, 1.82) is 0 Å². The summed E-state index contributed by atoms with van der Waals surface area (Å²) >= 11 is 0. The Kier molecular flexibility index (Phi) is 4.71. The minimum Gasteiger partial charge on any atom is -0.463 e. The molecule has 0 bridgehead atoms. The van der Waals surface area contributed by atoms with Crippen LogP contribution >= 0.6 is 0 Å². The molecule has 0 radical (unpaired) electrons. The van der Waals surface area contributed by atoms with Crippen LogP contribution in [0.1, 0.15) is 45.4 Å². The van der Waals surface area contributed by atoms with Gasteiger partial charge in [-0.3, -0.25) is 0 Å². The SMILES string of the molecule is C=C(CCC1CCCC1)C(=O)OCC. The number of carbonyl (C=O) groups excluding carboxylic acids is 1. The zero-order valence-corrected chi connectivity index (χ0v) is 9.05. The maximum atomic E-state index is 11.2. The molecule has 1 saturated carbocycles. The molecule has 0 amide bonds. The molecule has 0 heterocycles. The van der Waals surface area contributed by atoms with Crippen LogP contribution in [0.25, 0.3) is 0 Å². The van der Waals surface area contributed by atoms with Crippen LogP contribution in [0.4, 0.5) is 0 Å². The molecule has 0 aromatic heterocycles. The summed E-state index contributed by atoms with van der Waals surface area (Å²) in [5, 5.41) is 0. The maximum absolute atomic E-state index is 11.2. The Balaban J connectivity index is 2.16. The van der Waals surface area contributed by atoms with Gasteiger partial charge in [-0.2, -0.15) is 0 Å². The van der Waals surface area contributed by atoms with Gasteiger partial charge in [-0.1, -0.05) is 32.3 Å². The molecule has 0 atom stereocenters. The highest BCUT2D eigenvalue weighted by molar-refractivity contribution is 5.87. The van der Waals surface area contributed by atoms with Gasteiger partial charge in [0.1, 0.15) is 0 Å². The molecule has 0 unspecified atom stereocenters. The number of rotatable bonds is 5. The molecule has 0 N–H and O–H groups in total. The van der Waals surface area contributed by atoms with Gasteiger partial charge in [-0.05, 0) is 25.7 Å². The Hall–Kier alpha value is -0.790. The topological polar surface area (TPSA) is 26.3 Å². The van der Waals surface area contributed by atoms with E-state index in [4.69, 9.17) is 4.74 Å². The van der Waals surface area contributed by atoms with E-state index >= 15 is 0 Å². The highest BCUT2D eigenvalue weighted by Gasteiger charge is 2.16. The normalized spacial score (nSPS) is 16.9. The molecule has 1 rings (SSSR count). The van der Waals surface area contributed by atoms with Crippen LogP contribution in [0.15, 0.2) is 12.2 Å². The Morgan fingerprint density at radius 3 is 2.64 bits per heavy atom. The zero-order chi connectivity index (χ0) is 10.4. The van der Waals surface area contributed by atoms with E-state index in [2.05, 4.69) is 6.58 Å². The van der Waals surface area contributed by atoms with E-state index in [1.165, 1.54) is 25.7 Å². The number of ether oxygens (including phenoxy) is 1. The minimum atomic E-state index is -0.217. The molecule has 0 aromatic rings. The van der Waals surface area contributed by atoms with E-state index in [1.807, 2.05) is 6.92 Å². The lowest BCUT2D eigenvalue weighted by Crippen LogP contribution is -2.07. The first-order valence-corrected chi connectivity index (χ1v) is 5.59. The molecule has 0 spiro atoms. The first-order valence-electron chi connectivity index (χ1n) is 5.59. The third-order valence-corrected chi connectivity index (χ3v) is 2.89. The molecular formula is C12H20O2. The Bertz CT molecular complexity index is 202. The fourth-order valence-electron chi connectivity index (χ4n) is 2.01. The highest BCUT2D eigenvalue weighted by atomic mass is 16.5. The van der Waals surface area contributed by atoms with E-state index in [9.17, 15) is 4.79 Å². The van der Waals surface area contributed by atoms with E-state index in [0.29, 0.717) is 12.2 Å². The Labute approximate surface area is 86.3 Å².